The summed E-state index contributed by atoms with van der Waals surface area (Å²) in [5.41, 5.74) is 0.944. The first kappa shape index (κ1) is 6.54. The van der Waals surface area contributed by atoms with Crippen LogP contribution in [0.1, 0.15) is 5.82 Å². The first-order valence-corrected chi connectivity index (χ1v) is 3.38. The molecule has 2 rings (SSSR count). The summed E-state index contributed by atoms with van der Waals surface area (Å²) in [6.45, 7) is 1.75. The van der Waals surface area contributed by atoms with Crippen molar-refractivity contribution in [1.82, 2.24) is 15.0 Å². The van der Waals surface area contributed by atoms with Crippen LogP contribution in [0.3, 0.4) is 0 Å². The highest BCUT2D eigenvalue weighted by Crippen LogP contribution is 2.17. The summed E-state index contributed by atoms with van der Waals surface area (Å²) >= 11 is 5.72. The van der Waals surface area contributed by atoms with Gasteiger partial charge in [0.2, 0.25) is 11.2 Å². The predicted octanol–water partition coefficient (Wildman–Crippen LogP) is 1.58. The Bertz CT molecular complexity index is 398. The van der Waals surface area contributed by atoms with E-state index in [0.29, 0.717) is 22.2 Å². The molecule has 2 heterocycles. The molecule has 0 atom stereocenters. The zero-order valence-corrected chi connectivity index (χ0v) is 6.46. The minimum atomic E-state index is 0.310. The van der Waals surface area contributed by atoms with Gasteiger partial charge in [0.25, 0.3) is 0 Å². The van der Waals surface area contributed by atoms with Crippen molar-refractivity contribution in [1.29, 1.82) is 0 Å². The normalized spacial score (nSPS) is 10.7. The van der Waals surface area contributed by atoms with Crippen LogP contribution in [-0.2, 0) is 0 Å². The number of hydrogen-bond donors (Lipinski definition) is 0. The zero-order valence-electron chi connectivity index (χ0n) is 5.71. The van der Waals surface area contributed by atoms with Crippen LogP contribution in [0.2, 0.25) is 5.15 Å². The lowest BCUT2D eigenvalue weighted by atomic mass is 10.5. The lowest BCUT2D eigenvalue weighted by molar-refractivity contribution is 0.600. The van der Waals surface area contributed by atoms with Crippen molar-refractivity contribution in [2.75, 3.05) is 0 Å². The maximum atomic E-state index is 5.72. The van der Waals surface area contributed by atoms with Crippen molar-refractivity contribution in [3.8, 4) is 0 Å². The van der Waals surface area contributed by atoms with Gasteiger partial charge in [-0.05, 0) is 6.92 Å². The van der Waals surface area contributed by atoms with Gasteiger partial charge in [-0.3, -0.25) is 0 Å². The molecule has 0 fully saturated rings. The molecule has 0 saturated carbocycles. The van der Waals surface area contributed by atoms with E-state index in [9.17, 15) is 0 Å². The predicted molar refractivity (Wildman–Crippen MR) is 39.3 cm³/mol. The molecule has 56 valence electrons. The van der Waals surface area contributed by atoms with Gasteiger partial charge < -0.3 is 4.42 Å². The molecule has 0 aliphatic rings. The number of oxazole rings is 1. The van der Waals surface area contributed by atoms with E-state index >= 15 is 0 Å². The molecule has 0 spiro atoms. The average Bonchev–Trinajstić information content (AvgIpc) is 2.34. The van der Waals surface area contributed by atoms with Gasteiger partial charge in [-0.1, -0.05) is 11.6 Å². The lowest BCUT2D eigenvalue weighted by Crippen LogP contribution is -1.87. The van der Waals surface area contributed by atoms with Crippen LogP contribution in [-0.4, -0.2) is 15.0 Å². The van der Waals surface area contributed by atoms with Gasteiger partial charge in [-0.15, -0.1) is 0 Å². The number of aromatic nitrogens is 3. The van der Waals surface area contributed by atoms with Crippen molar-refractivity contribution in [2.24, 2.45) is 0 Å². The highest BCUT2D eigenvalue weighted by atomic mass is 35.5. The van der Waals surface area contributed by atoms with E-state index in [1.165, 1.54) is 6.39 Å². The zero-order chi connectivity index (χ0) is 7.84. The molecule has 0 bridgehead atoms. The van der Waals surface area contributed by atoms with Crippen LogP contribution in [0.5, 0.6) is 0 Å². The monoisotopic (exact) mass is 169 g/mol. The van der Waals surface area contributed by atoms with Gasteiger partial charge in [-0.25, -0.2) is 9.97 Å². The van der Waals surface area contributed by atoms with E-state index in [4.69, 9.17) is 16.0 Å². The molecule has 0 aromatic carbocycles. The topological polar surface area (TPSA) is 51.8 Å². The number of fused-ring (bicyclic) bond motifs is 1. The van der Waals surface area contributed by atoms with Gasteiger partial charge >= 0.3 is 0 Å². The fourth-order valence-corrected chi connectivity index (χ4v) is 1.08. The third-order valence-corrected chi connectivity index (χ3v) is 1.52. The summed E-state index contributed by atoms with van der Waals surface area (Å²) in [7, 11) is 0. The molecule has 0 radical (unpaired) electrons. The Morgan fingerprint density at radius 1 is 1.45 bits per heavy atom. The first-order valence-electron chi connectivity index (χ1n) is 3.01. The summed E-state index contributed by atoms with van der Waals surface area (Å²) in [6.07, 6.45) is 1.30. The third kappa shape index (κ3) is 0.952. The molecule has 0 saturated heterocycles. The number of nitrogens with zero attached hydrogens (tertiary/aromatic N) is 3. The highest BCUT2D eigenvalue weighted by Gasteiger charge is 2.06. The molecule has 0 aliphatic carbocycles. The van der Waals surface area contributed by atoms with Crippen LogP contribution in [0.4, 0.5) is 0 Å². The molecular formula is C6H4ClN3O. The molecule has 2 aromatic heterocycles. The lowest BCUT2D eigenvalue weighted by Gasteiger charge is -1.91. The van der Waals surface area contributed by atoms with E-state index in [1.54, 1.807) is 6.92 Å². The number of halogens is 1. The largest absolute Gasteiger partial charge is 0.438 e. The summed E-state index contributed by atoms with van der Waals surface area (Å²) in [5, 5.41) is 0.310. The van der Waals surface area contributed by atoms with E-state index in [-0.39, 0.29) is 0 Å². The SMILES string of the molecule is Cc1nc(Cl)c2ocnc2n1. The van der Waals surface area contributed by atoms with Crippen LogP contribution < -0.4 is 0 Å². The van der Waals surface area contributed by atoms with Crippen molar-refractivity contribution < 1.29 is 4.42 Å². The molecular weight excluding hydrogens is 166 g/mol. The molecule has 4 nitrogen and oxygen atoms in total. The quantitative estimate of drug-likeness (QED) is 0.562. The fourth-order valence-electron chi connectivity index (χ4n) is 0.832. The Labute approximate surface area is 67.2 Å². The minimum Gasteiger partial charge on any atom is -0.438 e. The average molecular weight is 170 g/mol. The number of hydrogen-bond acceptors (Lipinski definition) is 4. The van der Waals surface area contributed by atoms with Gasteiger partial charge in [0.1, 0.15) is 5.82 Å². The Morgan fingerprint density at radius 2 is 2.27 bits per heavy atom. The second-order valence-electron chi connectivity index (χ2n) is 2.07. The third-order valence-electron chi connectivity index (χ3n) is 1.26. The molecule has 2 aromatic rings. The Balaban J connectivity index is 2.91. The smallest absolute Gasteiger partial charge is 0.210 e. The number of aryl methyl sites for hydroxylation is 1. The second kappa shape index (κ2) is 2.17. The standard InChI is InChI=1S/C6H4ClN3O/c1-3-9-5(7)4-6(10-3)8-2-11-4/h2H,1H3. The molecule has 0 amide bonds. The molecule has 0 aliphatic heterocycles. The van der Waals surface area contributed by atoms with Gasteiger partial charge in [0.15, 0.2) is 11.5 Å². The van der Waals surface area contributed by atoms with Gasteiger partial charge in [0.05, 0.1) is 0 Å². The minimum absolute atomic E-state index is 0.310. The summed E-state index contributed by atoms with van der Waals surface area (Å²) in [5.74, 6) is 0.594. The van der Waals surface area contributed by atoms with E-state index in [0.717, 1.165) is 0 Å². The Morgan fingerprint density at radius 3 is 3.09 bits per heavy atom. The summed E-state index contributed by atoms with van der Waals surface area (Å²) in [6, 6.07) is 0. The van der Waals surface area contributed by atoms with Crippen LogP contribution in [0.25, 0.3) is 11.2 Å². The van der Waals surface area contributed by atoms with Gasteiger partial charge in [-0.2, -0.15) is 4.98 Å². The number of rotatable bonds is 0. The van der Waals surface area contributed by atoms with Crippen molar-refractivity contribution >= 4 is 22.8 Å². The van der Waals surface area contributed by atoms with E-state index in [1.807, 2.05) is 0 Å². The van der Waals surface area contributed by atoms with Crippen LogP contribution >= 0.6 is 11.6 Å². The Hall–Kier alpha value is -1.16. The van der Waals surface area contributed by atoms with E-state index < -0.39 is 0 Å². The fraction of sp³-hybridized carbons (Fsp3) is 0.167. The maximum absolute atomic E-state index is 5.72. The maximum Gasteiger partial charge on any atom is 0.210 e. The van der Waals surface area contributed by atoms with Crippen LogP contribution in [0, 0.1) is 6.92 Å². The summed E-state index contributed by atoms with van der Waals surface area (Å²) in [4.78, 5) is 11.7. The highest BCUT2D eigenvalue weighted by molar-refractivity contribution is 6.33. The van der Waals surface area contributed by atoms with Gasteiger partial charge in [0, 0.05) is 0 Å². The Kier molecular flexibility index (Phi) is 1.29. The summed E-state index contributed by atoms with van der Waals surface area (Å²) < 4.78 is 4.94. The molecule has 0 N–H and O–H groups in total. The van der Waals surface area contributed by atoms with Crippen molar-refractivity contribution in [2.45, 2.75) is 6.92 Å². The molecule has 0 unspecified atom stereocenters. The van der Waals surface area contributed by atoms with E-state index in [2.05, 4.69) is 15.0 Å². The molecule has 5 heteroatoms. The van der Waals surface area contributed by atoms with Crippen molar-refractivity contribution in [3.05, 3.63) is 17.4 Å². The second-order valence-corrected chi connectivity index (χ2v) is 2.42. The molecule has 11 heavy (non-hydrogen) atoms. The van der Waals surface area contributed by atoms with Crippen molar-refractivity contribution in [3.63, 3.8) is 0 Å². The van der Waals surface area contributed by atoms with Crippen LogP contribution in [0.15, 0.2) is 10.8 Å². The first-order chi connectivity index (χ1) is 5.27.